The number of H-pyrrole nitrogens is 1. The van der Waals surface area contributed by atoms with E-state index in [4.69, 9.17) is 39.2 Å². The highest BCUT2D eigenvalue weighted by Gasteiger charge is 2.39. The fraction of sp³-hybridized carbons (Fsp3) is 0.424. The molecule has 23 heteroatoms. The molecule has 0 spiro atoms. The van der Waals surface area contributed by atoms with Crippen molar-refractivity contribution in [2.75, 3.05) is 39.2 Å². The summed E-state index contributed by atoms with van der Waals surface area (Å²) in [4.78, 5) is 42.3. The summed E-state index contributed by atoms with van der Waals surface area (Å²) in [6, 6.07) is 11.6. The van der Waals surface area contributed by atoms with Crippen molar-refractivity contribution in [1.82, 2.24) is 20.4 Å². The van der Waals surface area contributed by atoms with E-state index < -0.39 is 36.4 Å². The van der Waals surface area contributed by atoms with Gasteiger partial charge in [0.05, 0.1) is 31.6 Å². The van der Waals surface area contributed by atoms with Crippen LogP contribution in [0.25, 0.3) is 11.1 Å². The Morgan fingerprint density at radius 2 is 1.39 bits per heavy atom. The van der Waals surface area contributed by atoms with E-state index in [9.17, 15) is 44.3 Å². The van der Waals surface area contributed by atoms with Crippen LogP contribution in [0.15, 0.2) is 48.8 Å². The number of carbonyl (C=O) groups is 4. The molecule has 0 saturated carbocycles. The number of carbonyl (C=O) groups excluding carboxylic acids is 1. The minimum absolute atomic E-state index is 0.0707. The number of nitrogens with one attached hydrogen (secondary N) is 3. The third-order valence-electron chi connectivity index (χ3n) is 7.80. The molecule has 56 heavy (non-hydrogen) atoms. The summed E-state index contributed by atoms with van der Waals surface area (Å²) in [5, 5.41) is 34.8. The molecule has 1 atom stereocenters. The van der Waals surface area contributed by atoms with Gasteiger partial charge in [-0.05, 0) is 86.3 Å². The maximum absolute atomic E-state index is 13.3. The molecule has 2 aromatic carbocycles. The minimum Gasteiger partial charge on any atom is -0.497 e. The summed E-state index contributed by atoms with van der Waals surface area (Å²) in [6.45, 7) is 3.47. The first-order valence-corrected chi connectivity index (χ1v) is 16.0. The first-order valence-electron chi connectivity index (χ1n) is 16.0. The number of rotatable bonds is 7. The summed E-state index contributed by atoms with van der Waals surface area (Å²) >= 11 is 0. The first kappa shape index (κ1) is 46.6. The van der Waals surface area contributed by atoms with Gasteiger partial charge in [-0.25, -0.2) is 14.4 Å². The topological polar surface area (TPSA) is 203 Å². The van der Waals surface area contributed by atoms with Crippen LogP contribution in [-0.4, -0.2) is 113 Å². The molecule has 1 amide bonds. The number of piperidine rings is 1. The fourth-order valence-corrected chi connectivity index (χ4v) is 4.79. The normalized spacial score (nSPS) is 15.9. The Labute approximate surface area is 311 Å². The Hall–Kier alpha value is -5.58. The number of ether oxygens (including phenoxy) is 2. The predicted molar refractivity (Wildman–Crippen MR) is 177 cm³/mol. The fourth-order valence-electron chi connectivity index (χ4n) is 4.79. The van der Waals surface area contributed by atoms with Crippen LogP contribution in [0.4, 0.5) is 45.2 Å². The van der Waals surface area contributed by atoms with Crippen molar-refractivity contribution in [2.45, 2.75) is 50.4 Å². The van der Waals surface area contributed by atoms with Gasteiger partial charge in [0.1, 0.15) is 11.5 Å². The zero-order valence-electron chi connectivity index (χ0n) is 29.3. The van der Waals surface area contributed by atoms with Crippen LogP contribution in [0.5, 0.6) is 11.5 Å². The number of fused-ring (bicyclic) bond motifs is 1. The second-order valence-corrected chi connectivity index (χ2v) is 11.9. The summed E-state index contributed by atoms with van der Waals surface area (Å²) in [6.07, 6.45) is -8.77. The second-order valence-electron chi connectivity index (χ2n) is 11.9. The summed E-state index contributed by atoms with van der Waals surface area (Å²) in [5.74, 6) is -6.33. The Kier molecular flexibility index (Phi) is 16.9. The van der Waals surface area contributed by atoms with Gasteiger partial charge in [-0.3, -0.25) is 9.89 Å². The molecule has 0 bridgehead atoms. The molecule has 3 heterocycles. The summed E-state index contributed by atoms with van der Waals surface area (Å²) in [7, 11) is 3.82. The first-order chi connectivity index (χ1) is 25.9. The lowest BCUT2D eigenvalue weighted by Crippen LogP contribution is -2.44. The highest BCUT2D eigenvalue weighted by Crippen LogP contribution is 2.32. The van der Waals surface area contributed by atoms with Crippen molar-refractivity contribution in [3.63, 3.8) is 0 Å². The average molecular weight is 818 g/mol. The molecule has 14 nitrogen and oxygen atoms in total. The molecule has 1 saturated heterocycles. The van der Waals surface area contributed by atoms with Crippen LogP contribution in [0.2, 0.25) is 0 Å². The van der Waals surface area contributed by atoms with Crippen molar-refractivity contribution >= 4 is 29.5 Å². The van der Waals surface area contributed by atoms with E-state index in [2.05, 4.69) is 38.8 Å². The van der Waals surface area contributed by atoms with Gasteiger partial charge in [0.2, 0.25) is 5.91 Å². The van der Waals surface area contributed by atoms with Gasteiger partial charge in [-0.1, -0.05) is 12.1 Å². The van der Waals surface area contributed by atoms with E-state index in [1.54, 1.807) is 13.3 Å². The standard InChI is InChI=1S/C27H33N5O3.3C2HF3O2/c1-32-9-7-18(8-10-32)17-35-26-13-19(22-15-29-30-16-22)4-6-24(26)31-27(33)25-12-21-11-23(34-2)5-3-20(21)14-28-25;3*3-2(4,5)1(6)7/h3-6,11,13,15-16,18,25,28H,7-10,12,14,17H2,1-2H3,(H,29,30)(H,31,33);3*(H,6,7)/t25-;;;/m1.../s1. The molecule has 3 aromatic rings. The van der Waals surface area contributed by atoms with Crippen molar-refractivity contribution < 1.29 is 83.5 Å². The quantitative estimate of drug-likeness (QED) is 0.167. The Bertz CT molecular complexity index is 1700. The molecule has 0 aliphatic carbocycles. The number of likely N-dealkylation sites (tertiary alicyclic amines) is 1. The third kappa shape index (κ3) is 15.6. The third-order valence-corrected chi connectivity index (χ3v) is 7.80. The number of methoxy groups -OCH3 is 1. The lowest BCUT2D eigenvalue weighted by molar-refractivity contribution is -0.193. The number of halogens is 9. The van der Waals surface area contributed by atoms with Crippen LogP contribution in [0, 0.1) is 5.92 Å². The van der Waals surface area contributed by atoms with E-state index in [-0.39, 0.29) is 11.9 Å². The van der Waals surface area contributed by atoms with Crippen molar-refractivity contribution in [2.24, 2.45) is 5.92 Å². The van der Waals surface area contributed by atoms with Crippen LogP contribution < -0.4 is 20.1 Å². The highest BCUT2D eigenvalue weighted by atomic mass is 19.4. The number of nitrogens with zero attached hydrogens (tertiary/aromatic N) is 2. The molecule has 0 unspecified atom stereocenters. The van der Waals surface area contributed by atoms with Gasteiger partial charge < -0.3 is 40.3 Å². The number of carboxylic acid groups (broad SMARTS) is 3. The number of hydrogen-bond acceptors (Lipinski definition) is 9. The van der Waals surface area contributed by atoms with E-state index in [0.29, 0.717) is 36.9 Å². The molecular formula is C33H36F9N5O9. The van der Waals surface area contributed by atoms with Gasteiger partial charge >= 0.3 is 36.4 Å². The van der Waals surface area contributed by atoms with Gasteiger partial charge in [0.15, 0.2) is 0 Å². The lowest BCUT2D eigenvalue weighted by atomic mass is 9.95. The maximum atomic E-state index is 13.3. The van der Waals surface area contributed by atoms with Crippen LogP contribution in [-0.2, 0) is 32.1 Å². The number of aromatic nitrogens is 2. The molecule has 5 rings (SSSR count). The number of aliphatic carboxylic acids is 3. The average Bonchev–Trinajstić information content (AvgIpc) is 3.66. The van der Waals surface area contributed by atoms with Gasteiger partial charge in [-0.15, -0.1) is 0 Å². The molecule has 0 radical (unpaired) electrons. The SMILES string of the molecule is COc1ccc2c(c1)C[C@H](C(=O)Nc1ccc(-c3cn[nH]c3)cc1OCC1CCN(C)CC1)NC2.O=C(O)C(F)(F)F.O=C(O)C(F)(F)F.O=C(O)C(F)(F)F. The van der Waals surface area contributed by atoms with Crippen molar-refractivity contribution in [3.05, 3.63) is 59.9 Å². The molecule has 6 N–H and O–H groups in total. The molecule has 310 valence electrons. The lowest BCUT2D eigenvalue weighted by Gasteiger charge is -2.29. The monoisotopic (exact) mass is 817 g/mol. The Morgan fingerprint density at radius 3 is 1.88 bits per heavy atom. The zero-order valence-corrected chi connectivity index (χ0v) is 29.3. The number of amides is 1. The number of carboxylic acids is 3. The molecule has 2 aliphatic rings. The Morgan fingerprint density at radius 1 is 0.839 bits per heavy atom. The minimum atomic E-state index is -5.08. The van der Waals surface area contributed by atoms with E-state index in [1.807, 2.05) is 36.5 Å². The number of anilines is 1. The molecule has 2 aliphatic heterocycles. The van der Waals surface area contributed by atoms with Gasteiger partial charge in [0.25, 0.3) is 0 Å². The van der Waals surface area contributed by atoms with Gasteiger partial charge in [0, 0.05) is 18.3 Å². The summed E-state index contributed by atoms with van der Waals surface area (Å²) < 4.78 is 107. The Balaban J connectivity index is 0.000000423. The number of hydrogen-bond donors (Lipinski definition) is 6. The van der Waals surface area contributed by atoms with Crippen LogP contribution >= 0.6 is 0 Å². The number of aromatic amines is 1. The van der Waals surface area contributed by atoms with E-state index in [0.717, 1.165) is 48.4 Å². The van der Waals surface area contributed by atoms with Crippen LogP contribution in [0.1, 0.15) is 24.0 Å². The maximum Gasteiger partial charge on any atom is 0.490 e. The zero-order chi connectivity index (χ0) is 42.4. The van der Waals surface area contributed by atoms with E-state index in [1.165, 1.54) is 5.56 Å². The van der Waals surface area contributed by atoms with Crippen LogP contribution in [0.3, 0.4) is 0 Å². The van der Waals surface area contributed by atoms with Gasteiger partial charge in [-0.2, -0.15) is 44.6 Å². The molecule has 1 aromatic heterocycles. The number of benzene rings is 2. The molecular weight excluding hydrogens is 781 g/mol. The smallest absolute Gasteiger partial charge is 0.490 e. The van der Waals surface area contributed by atoms with E-state index >= 15 is 0 Å². The number of alkyl halides is 9. The van der Waals surface area contributed by atoms with Crippen molar-refractivity contribution in [1.29, 1.82) is 0 Å². The predicted octanol–water partition coefficient (Wildman–Crippen LogP) is 5.36. The summed E-state index contributed by atoms with van der Waals surface area (Å²) in [5.41, 5.74) is 4.99. The second kappa shape index (κ2) is 20.4. The molecule has 1 fully saturated rings. The largest absolute Gasteiger partial charge is 0.497 e. The highest BCUT2D eigenvalue weighted by molar-refractivity contribution is 5.97. The van der Waals surface area contributed by atoms with Crippen molar-refractivity contribution in [3.8, 4) is 22.6 Å².